The molecule has 1 aliphatic rings. The molecule has 3 aromatic carbocycles. The molecule has 0 unspecified atom stereocenters. The molecule has 0 aliphatic heterocycles. The zero-order valence-electron chi connectivity index (χ0n) is 18.2. The number of ketones is 1. The number of carbonyl (C=O) groups excluding carboxylic acids is 1. The van der Waals surface area contributed by atoms with Crippen LogP contribution < -0.4 is 4.74 Å². The number of allylic oxidation sites excluding steroid dienone is 2. The molecule has 31 heavy (non-hydrogen) atoms. The van der Waals surface area contributed by atoms with Crippen LogP contribution >= 0.6 is 0 Å². The average Bonchev–Trinajstić information content (AvgIpc) is 2.73. The highest BCUT2D eigenvalue weighted by atomic mass is 16.5. The zero-order chi connectivity index (χ0) is 22.0. The highest BCUT2D eigenvalue weighted by Crippen LogP contribution is 2.38. The van der Waals surface area contributed by atoms with Crippen molar-refractivity contribution in [3.8, 4) is 5.75 Å². The number of para-hydroxylation sites is 2. The molecule has 1 saturated carbocycles. The van der Waals surface area contributed by atoms with Gasteiger partial charge >= 0.3 is 0 Å². The second-order valence-corrected chi connectivity index (χ2v) is 8.81. The van der Waals surface area contributed by atoms with E-state index < -0.39 is 0 Å². The SMILES string of the molecule is COc1ccccc1N=C1CC(C)(C)CC(=O)/C1=C(/O)Cc1cccc2ccccc12. The molecule has 4 heteroatoms. The van der Waals surface area contributed by atoms with Crippen molar-refractivity contribution < 1.29 is 14.6 Å². The number of hydrogen-bond acceptors (Lipinski definition) is 4. The first-order chi connectivity index (χ1) is 14.9. The van der Waals surface area contributed by atoms with Crippen LogP contribution in [0, 0.1) is 5.41 Å². The molecule has 4 nitrogen and oxygen atoms in total. The lowest BCUT2D eigenvalue weighted by Gasteiger charge is -2.31. The molecule has 1 N–H and O–H groups in total. The molecule has 0 amide bonds. The van der Waals surface area contributed by atoms with Gasteiger partial charge in [-0.1, -0.05) is 68.4 Å². The molecular weight excluding hydrogens is 386 g/mol. The fraction of sp³-hybridized carbons (Fsp3) is 0.259. The molecule has 3 aromatic rings. The number of rotatable bonds is 4. The van der Waals surface area contributed by atoms with Gasteiger partial charge in [-0.15, -0.1) is 0 Å². The minimum atomic E-state index is -0.221. The number of methoxy groups -OCH3 is 1. The van der Waals surface area contributed by atoms with Gasteiger partial charge in [0.2, 0.25) is 0 Å². The minimum absolute atomic E-state index is 0.0670. The van der Waals surface area contributed by atoms with Crippen molar-refractivity contribution in [1.29, 1.82) is 0 Å². The Labute approximate surface area is 182 Å². The van der Waals surface area contributed by atoms with Crippen molar-refractivity contribution in [3.05, 3.63) is 83.6 Å². The van der Waals surface area contributed by atoms with E-state index in [-0.39, 0.29) is 23.4 Å². The minimum Gasteiger partial charge on any atom is -0.511 e. The summed E-state index contributed by atoms with van der Waals surface area (Å²) in [5.41, 5.74) is 2.38. The third-order valence-corrected chi connectivity index (χ3v) is 5.72. The fourth-order valence-electron chi connectivity index (χ4n) is 4.29. The van der Waals surface area contributed by atoms with Crippen LogP contribution in [0.2, 0.25) is 0 Å². The third-order valence-electron chi connectivity index (χ3n) is 5.72. The van der Waals surface area contributed by atoms with E-state index in [0.29, 0.717) is 35.6 Å². The molecule has 0 spiro atoms. The summed E-state index contributed by atoms with van der Waals surface area (Å²) >= 11 is 0. The molecule has 0 aromatic heterocycles. The van der Waals surface area contributed by atoms with Crippen LogP contribution in [0.15, 0.2) is 83.1 Å². The van der Waals surface area contributed by atoms with Crippen LogP contribution in [-0.2, 0) is 11.2 Å². The fourth-order valence-corrected chi connectivity index (χ4v) is 4.29. The van der Waals surface area contributed by atoms with Gasteiger partial charge in [0.15, 0.2) is 5.78 Å². The number of hydrogen-bond donors (Lipinski definition) is 1. The van der Waals surface area contributed by atoms with E-state index in [0.717, 1.165) is 16.3 Å². The van der Waals surface area contributed by atoms with Gasteiger partial charge in [-0.25, -0.2) is 4.99 Å². The molecule has 0 atom stereocenters. The number of carbonyl (C=O) groups is 1. The number of aliphatic hydroxyl groups is 1. The largest absolute Gasteiger partial charge is 0.511 e. The lowest BCUT2D eigenvalue weighted by molar-refractivity contribution is -0.117. The Morgan fingerprint density at radius 2 is 1.71 bits per heavy atom. The summed E-state index contributed by atoms with van der Waals surface area (Å²) in [5.74, 6) is 0.645. The Bertz CT molecular complexity index is 1200. The van der Waals surface area contributed by atoms with Crippen molar-refractivity contribution >= 4 is 28.0 Å². The molecule has 158 valence electrons. The molecule has 1 aliphatic carbocycles. The quantitative estimate of drug-likeness (QED) is 0.400. The van der Waals surface area contributed by atoms with E-state index in [1.807, 2.05) is 66.7 Å². The smallest absolute Gasteiger partial charge is 0.168 e. The summed E-state index contributed by atoms with van der Waals surface area (Å²) in [5, 5.41) is 13.3. The zero-order valence-corrected chi connectivity index (χ0v) is 18.2. The Balaban J connectivity index is 1.81. The normalized spacial score (nSPS) is 18.9. The maximum absolute atomic E-state index is 13.1. The number of benzene rings is 3. The molecular formula is C27H27NO3. The van der Waals surface area contributed by atoms with Gasteiger partial charge in [-0.05, 0) is 40.3 Å². The van der Waals surface area contributed by atoms with Crippen molar-refractivity contribution in [2.45, 2.75) is 33.1 Å². The van der Waals surface area contributed by atoms with Crippen LogP contribution in [0.25, 0.3) is 10.8 Å². The van der Waals surface area contributed by atoms with E-state index in [1.165, 1.54) is 0 Å². The van der Waals surface area contributed by atoms with Crippen LogP contribution in [0.1, 0.15) is 32.3 Å². The first-order valence-corrected chi connectivity index (χ1v) is 10.5. The summed E-state index contributed by atoms with van der Waals surface area (Å²) in [7, 11) is 1.60. The molecule has 0 heterocycles. The van der Waals surface area contributed by atoms with Crippen LogP contribution in [0.5, 0.6) is 5.75 Å². The Kier molecular flexibility index (Phi) is 5.64. The molecule has 0 radical (unpaired) electrons. The highest BCUT2D eigenvalue weighted by molar-refractivity contribution is 6.25. The standard InChI is InChI=1S/C27H27NO3/c1-27(2)16-22(28-21-13-6-7-14-25(21)31-3)26(24(30)17-27)23(29)15-19-11-8-10-18-9-4-5-12-20(18)19/h4-14,29H,15-17H2,1-3H3/b26-23+,28-22?. The van der Waals surface area contributed by atoms with Crippen LogP contribution in [-0.4, -0.2) is 23.7 Å². The summed E-state index contributed by atoms with van der Waals surface area (Å²) in [4.78, 5) is 17.9. The van der Waals surface area contributed by atoms with Crippen LogP contribution in [0.4, 0.5) is 5.69 Å². The van der Waals surface area contributed by atoms with Gasteiger partial charge in [0.05, 0.1) is 18.4 Å². The third kappa shape index (κ3) is 4.38. The first-order valence-electron chi connectivity index (χ1n) is 10.5. The average molecular weight is 414 g/mol. The summed E-state index contributed by atoms with van der Waals surface area (Å²) in [6.07, 6.45) is 1.27. The predicted octanol–water partition coefficient (Wildman–Crippen LogP) is 6.36. The molecule has 0 bridgehead atoms. The first kappa shape index (κ1) is 20.9. The van der Waals surface area contributed by atoms with Crippen molar-refractivity contribution in [2.75, 3.05) is 7.11 Å². The van der Waals surface area contributed by atoms with Crippen LogP contribution in [0.3, 0.4) is 0 Å². The number of ether oxygens (including phenoxy) is 1. The predicted molar refractivity (Wildman–Crippen MR) is 125 cm³/mol. The van der Waals surface area contributed by atoms with E-state index in [1.54, 1.807) is 7.11 Å². The second kappa shape index (κ2) is 8.38. The van der Waals surface area contributed by atoms with E-state index in [2.05, 4.69) is 13.8 Å². The summed E-state index contributed by atoms with van der Waals surface area (Å²) in [6, 6.07) is 21.6. The van der Waals surface area contributed by atoms with E-state index in [4.69, 9.17) is 9.73 Å². The highest BCUT2D eigenvalue weighted by Gasteiger charge is 2.36. The summed E-state index contributed by atoms with van der Waals surface area (Å²) < 4.78 is 5.43. The van der Waals surface area contributed by atoms with Gasteiger partial charge in [0.1, 0.15) is 17.2 Å². The van der Waals surface area contributed by atoms with Gasteiger partial charge in [0, 0.05) is 12.8 Å². The molecule has 1 fully saturated rings. The Morgan fingerprint density at radius 3 is 2.52 bits per heavy atom. The van der Waals surface area contributed by atoms with Crippen molar-refractivity contribution in [2.24, 2.45) is 10.4 Å². The molecule has 0 saturated heterocycles. The monoisotopic (exact) mass is 413 g/mol. The lowest BCUT2D eigenvalue weighted by Crippen LogP contribution is -2.32. The number of aliphatic hydroxyl groups excluding tert-OH is 1. The van der Waals surface area contributed by atoms with Crippen molar-refractivity contribution in [1.82, 2.24) is 0 Å². The maximum atomic E-state index is 13.1. The van der Waals surface area contributed by atoms with Gasteiger partial charge in [-0.3, -0.25) is 4.79 Å². The number of nitrogens with zero attached hydrogens (tertiary/aromatic N) is 1. The van der Waals surface area contributed by atoms with Gasteiger partial charge in [0.25, 0.3) is 0 Å². The maximum Gasteiger partial charge on any atom is 0.168 e. The topological polar surface area (TPSA) is 58.9 Å². The number of Topliss-reactive ketones (excluding diaryl/α,β-unsaturated/α-hetero) is 1. The van der Waals surface area contributed by atoms with Gasteiger partial charge in [-0.2, -0.15) is 0 Å². The second-order valence-electron chi connectivity index (χ2n) is 8.81. The number of aliphatic imine (C=N–C) groups is 1. The van der Waals surface area contributed by atoms with Gasteiger partial charge < -0.3 is 9.84 Å². The Morgan fingerprint density at radius 1 is 1.00 bits per heavy atom. The van der Waals surface area contributed by atoms with Crippen molar-refractivity contribution in [3.63, 3.8) is 0 Å². The number of fused-ring (bicyclic) bond motifs is 1. The Hall–Kier alpha value is -3.40. The molecule has 4 rings (SSSR count). The van der Waals surface area contributed by atoms with E-state index in [9.17, 15) is 9.90 Å². The lowest BCUT2D eigenvalue weighted by atomic mass is 9.73. The van der Waals surface area contributed by atoms with E-state index >= 15 is 0 Å². The summed E-state index contributed by atoms with van der Waals surface area (Å²) in [6.45, 7) is 4.11.